The van der Waals surface area contributed by atoms with Crippen LogP contribution in [0.25, 0.3) is 0 Å². The number of nitrogens with one attached hydrogen (secondary N) is 1. The van der Waals surface area contributed by atoms with Crippen LogP contribution in [0.1, 0.15) is 6.42 Å². The van der Waals surface area contributed by atoms with Crippen molar-refractivity contribution in [1.82, 2.24) is 10.3 Å². The summed E-state index contributed by atoms with van der Waals surface area (Å²) in [6.45, 7) is 2.26. The summed E-state index contributed by atoms with van der Waals surface area (Å²) in [6.07, 6.45) is 2.04. The first kappa shape index (κ1) is 13.7. The van der Waals surface area contributed by atoms with Crippen molar-refractivity contribution < 1.29 is 9.66 Å². The Kier molecular flexibility index (Phi) is 6.34. The largest absolute Gasteiger partial charge is 0.478 e. The molecule has 0 fully saturated rings. The maximum atomic E-state index is 10.4. The first-order chi connectivity index (χ1) is 8.24. The molecule has 0 aromatic carbocycles. The van der Waals surface area contributed by atoms with Crippen molar-refractivity contribution in [3.05, 3.63) is 28.4 Å². The molecule has 0 saturated carbocycles. The molecule has 0 aliphatic rings. The van der Waals surface area contributed by atoms with E-state index < -0.39 is 4.92 Å². The van der Waals surface area contributed by atoms with Crippen molar-refractivity contribution in [3.63, 3.8) is 0 Å². The standard InChI is InChI=1S/C10H15N3O3S/c14-13(15)9-2-3-10(12-8-9)16-6-1-4-11-5-7-17/h2-3,8,11,17H,1,4-7H2. The van der Waals surface area contributed by atoms with Crippen molar-refractivity contribution in [2.45, 2.75) is 6.42 Å². The summed E-state index contributed by atoms with van der Waals surface area (Å²) >= 11 is 4.07. The second-order valence-corrected chi connectivity index (χ2v) is 3.73. The zero-order valence-electron chi connectivity index (χ0n) is 9.33. The summed E-state index contributed by atoms with van der Waals surface area (Å²) in [5.41, 5.74) is -0.0344. The third-order valence-corrected chi connectivity index (χ3v) is 2.19. The molecule has 1 heterocycles. The maximum Gasteiger partial charge on any atom is 0.287 e. The Morgan fingerprint density at radius 1 is 1.47 bits per heavy atom. The van der Waals surface area contributed by atoms with Gasteiger partial charge < -0.3 is 10.1 Å². The van der Waals surface area contributed by atoms with Gasteiger partial charge in [0.05, 0.1) is 11.5 Å². The summed E-state index contributed by atoms with van der Waals surface area (Å²) in [5, 5.41) is 13.6. The van der Waals surface area contributed by atoms with Gasteiger partial charge >= 0.3 is 0 Å². The zero-order valence-corrected chi connectivity index (χ0v) is 10.2. The minimum Gasteiger partial charge on any atom is -0.478 e. The van der Waals surface area contributed by atoms with Crippen LogP contribution in [-0.4, -0.2) is 35.4 Å². The molecule has 0 bridgehead atoms. The molecule has 6 nitrogen and oxygen atoms in total. The summed E-state index contributed by atoms with van der Waals surface area (Å²) in [6, 6.07) is 2.88. The first-order valence-electron chi connectivity index (χ1n) is 5.29. The predicted octanol–water partition coefficient (Wildman–Crippen LogP) is 1.28. The van der Waals surface area contributed by atoms with E-state index in [0.717, 1.165) is 25.3 Å². The molecular formula is C10H15N3O3S. The fraction of sp³-hybridized carbons (Fsp3) is 0.500. The van der Waals surface area contributed by atoms with E-state index in [4.69, 9.17) is 4.74 Å². The monoisotopic (exact) mass is 257 g/mol. The molecule has 1 aromatic heterocycles. The van der Waals surface area contributed by atoms with Gasteiger partial charge in [0.15, 0.2) is 0 Å². The van der Waals surface area contributed by atoms with Crippen LogP contribution < -0.4 is 10.1 Å². The molecule has 17 heavy (non-hydrogen) atoms. The molecule has 0 unspecified atom stereocenters. The number of thiol groups is 1. The van der Waals surface area contributed by atoms with E-state index in [2.05, 4.69) is 22.9 Å². The molecule has 1 N–H and O–H groups in total. The molecule has 0 amide bonds. The van der Waals surface area contributed by atoms with Crippen LogP contribution in [0, 0.1) is 10.1 Å². The number of rotatable bonds is 8. The van der Waals surface area contributed by atoms with Gasteiger partial charge in [0, 0.05) is 24.4 Å². The molecule has 0 spiro atoms. The fourth-order valence-electron chi connectivity index (χ4n) is 1.14. The lowest BCUT2D eigenvalue weighted by atomic mass is 10.4. The third kappa shape index (κ3) is 5.50. The van der Waals surface area contributed by atoms with E-state index in [1.54, 1.807) is 0 Å². The highest BCUT2D eigenvalue weighted by Crippen LogP contribution is 2.13. The molecule has 0 atom stereocenters. The average molecular weight is 257 g/mol. The predicted molar refractivity (Wildman–Crippen MR) is 67.7 cm³/mol. The van der Waals surface area contributed by atoms with Gasteiger partial charge in [-0.1, -0.05) is 0 Å². The minimum absolute atomic E-state index is 0.0344. The van der Waals surface area contributed by atoms with Crippen LogP contribution in [-0.2, 0) is 0 Å². The Morgan fingerprint density at radius 2 is 2.29 bits per heavy atom. The molecule has 0 aliphatic heterocycles. The van der Waals surface area contributed by atoms with E-state index in [-0.39, 0.29) is 5.69 Å². The Bertz CT molecular complexity index is 345. The number of ether oxygens (including phenoxy) is 1. The number of hydrogen-bond acceptors (Lipinski definition) is 6. The molecular weight excluding hydrogens is 242 g/mol. The highest BCUT2D eigenvalue weighted by molar-refractivity contribution is 7.80. The van der Waals surface area contributed by atoms with E-state index in [0.29, 0.717) is 12.5 Å². The lowest BCUT2D eigenvalue weighted by molar-refractivity contribution is -0.385. The molecule has 0 radical (unpaired) electrons. The number of nitro groups is 1. The van der Waals surface area contributed by atoms with Crippen molar-refractivity contribution in [2.24, 2.45) is 0 Å². The normalized spacial score (nSPS) is 10.2. The average Bonchev–Trinajstić information content (AvgIpc) is 2.34. The van der Waals surface area contributed by atoms with Crippen molar-refractivity contribution in [2.75, 3.05) is 25.4 Å². The SMILES string of the molecule is O=[N+]([O-])c1ccc(OCCCNCCS)nc1. The molecule has 94 valence electrons. The van der Waals surface area contributed by atoms with Gasteiger partial charge in [-0.15, -0.1) is 0 Å². The quantitative estimate of drug-likeness (QED) is 0.317. The Labute approximate surface area is 105 Å². The van der Waals surface area contributed by atoms with Crippen molar-refractivity contribution >= 4 is 18.3 Å². The Balaban J connectivity index is 2.21. The second-order valence-electron chi connectivity index (χ2n) is 3.29. The van der Waals surface area contributed by atoms with Crippen LogP contribution >= 0.6 is 12.6 Å². The van der Waals surface area contributed by atoms with Crippen molar-refractivity contribution in [1.29, 1.82) is 0 Å². The summed E-state index contributed by atoms with van der Waals surface area (Å²) in [5.74, 6) is 1.22. The van der Waals surface area contributed by atoms with Crippen LogP contribution in [0.4, 0.5) is 5.69 Å². The first-order valence-corrected chi connectivity index (χ1v) is 5.92. The topological polar surface area (TPSA) is 77.3 Å². The molecule has 1 rings (SSSR count). The van der Waals surface area contributed by atoms with Gasteiger partial charge in [-0.2, -0.15) is 12.6 Å². The van der Waals surface area contributed by atoms with Gasteiger partial charge in [0.1, 0.15) is 6.20 Å². The summed E-state index contributed by atoms with van der Waals surface area (Å²) in [4.78, 5) is 13.7. The Hall–Kier alpha value is -1.34. The number of aromatic nitrogens is 1. The van der Waals surface area contributed by atoms with Crippen LogP contribution in [0.5, 0.6) is 5.88 Å². The highest BCUT2D eigenvalue weighted by atomic mass is 32.1. The summed E-state index contributed by atoms with van der Waals surface area (Å²) < 4.78 is 5.33. The highest BCUT2D eigenvalue weighted by Gasteiger charge is 2.05. The van der Waals surface area contributed by atoms with Gasteiger partial charge in [-0.3, -0.25) is 10.1 Å². The molecule has 1 aromatic rings. The number of hydrogen-bond donors (Lipinski definition) is 2. The van der Waals surface area contributed by atoms with Crippen molar-refractivity contribution in [3.8, 4) is 5.88 Å². The lowest BCUT2D eigenvalue weighted by Gasteiger charge is -2.05. The molecule has 0 saturated heterocycles. The number of nitrogens with zero attached hydrogens (tertiary/aromatic N) is 2. The van der Waals surface area contributed by atoms with Gasteiger partial charge in [-0.25, -0.2) is 4.98 Å². The smallest absolute Gasteiger partial charge is 0.287 e. The molecule has 0 aliphatic carbocycles. The third-order valence-electron chi connectivity index (χ3n) is 1.97. The Morgan fingerprint density at radius 3 is 2.88 bits per heavy atom. The number of pyridine rings is 1. The van der Waals surface area contributed by atoms with E-state index in [9.17, 15) is 10.1 Å². The van der Waals surface area contributed by atoms with Gasteiger partial charge in [-0.05, 0) is 13.0 Å². The zero-order chi connectivity index (χ0) is 12.5. The maximum absolute atomic E-state index is 10.4. The van der Waals surface area contributed by atoms with Crippen LogP contribution in [0.2, 0.25) is 0 Å². The van der Waals surface area contributed by atoms with E-state index >= 15 is 0 Å². The summed E-state index contributed by atoms with van der Waals surface area (Å²) in [7, 11) is 0. The molecule has 7 heteroatoms. The fourth-order valence-corrected chi connectivity index (χ4v) is 1.30. The lowest BCUT2D eigenvalue weighted by Crippen LogP contribution is -2.19. The van der Waals surface area contributed by atoms with Gasteiger partial charge in [0.2, 0.25) is 5.88 Å². The van der Waals surface area contributed by atoms with E-state index in [1.165, 1.54) is 18.3 Å². The van der Waals surface area contributed by atoms with Crippen LogP contribution in [0.3, 0.4) is 0 Å². The van der Waals surface area contributed by atoms with E-state index in [1.807, 2.05) is 0 Å². The second kappa shape index (κ2) is 7.86. The van der Waals surface area contributed by atoms with Crippen LogP contribution in [0.15, 0.2) is 18.3 Å². The van der Waals surface area contributed by atoms with Gasteiger partial charge in [0.25, 0.3) is 5.69 Å². The minimum atomic E-state index is -0.488.